The smallest absolute Gasteiger partial charge is 0.144 e. The molecule has 0 aliphatic heterocycles. The number of rotatable bonds is 4. The van der Waals surface area contributed by atoms with Gasteiger partial charge in [-0.15, -0.1) is 0 Å². The molecule has 1 heterocycles. The SMILES string of the molecule is CCCNCc1nccc(N)n1. The summed E-state index contributed by atoms with van der Waals surface area (Å²) in [6.45, 7) is 3.80. The monoisotopic (exact) mass is 166 g/mol. The second-order valence-electron chi connectivity index (χ2n) is 2.57. The molecule has 4 heteroatoms. The summed E-state index contributed by atoms with van der Waals surface area (Å²) in [5, 5.41) is 3.20. The molecule has 0 unspecified atom stereocenters. The number of hydrogen-bond acceptors (Lipinski definition) is 4. The third kappa shape index (κ3) is 2.84. The van der Waals surface area contributed by atoms with E-state index in [1.807, 2.05) is 0 Å². The van der Waals surface area contributed by atoms with Crippen LogP contribution in [0.4, 0.5) is 5.82 Å². The Balaban J connectivity index is 2.41. The maximum atomic E-state index is 5.48. The molecule has 3 N–H and O–H groups in total. The van der Waals surface area contributed by atoms with Crippen LogP contribution >= 0.6 is 0 Å². The first-order chi connectivity index (χ1) is 5.83. The van der Waals surface area contributed by atoms with Crippen LogP contribution in [-0.2, 0) is 6.54 Å². The van der Waals surface area contributed by atoms with Gasteiger partial charge in [0.1, 0.15) is 11.6 Å². The second-order valence-corrected chi connectivity index (χ2v) is 2.57. The molecule has 0 aromatic carbocycles. The van der Waals surface area contributed by atoms with Gasteiger partial charge in [0.05, 0.1) is 6.54 Å². The number of nitrogens with zero attached hydrogens (tertiary/aromatic N) is 2. The minimum Gasteiger partial charge on any atom is -0.384 e. The van der Waals surface area contributed by atoms with Crippen LogP contribution in [0, 0.1) is 0 Å². The van der Waals surface area contributed by atoms with Gasteiger partial charge in [-0.05, 0) is 19.0 Å². The Kier molecular flexibility index (Phi) is 3.47. The Bertz CT molecular complexity index is 236. The van der Waals surface area contributed by atoms with E-state index < -0.39 is 0 Å². The lowest BCUT2D eigenvalue weighted by Crippen LogP contribution is -2.16. The van der Waals surface area contributed by atoms with Crippen molar-refractivity contribution in [1.29, 1.82) is 0 Å². The molecule has 0 aliphatic carbocycles. The van der Waals surface area contributed by atoms with Crippen LogP contribution in [0.15, 0.2) is 12.3 Å². The van der Waals surface area contributed by atoms with Crippen LogP contribution < -0.4 is 11.1 Å². The van der Waals surface area contributed by atoms with E-state index in [4.69, 9.17) is 5.73 Å². The summed E-state index contributed by atoms with van der Waals surface area (Å²) in [7, 11) is 0. The van der Waals surface area contributed by atoms with Crippen molar-refractivity contribution in [3.05, 3.63) is 18.1 Å². The summed E-state index contributed by atoms with van der Waals surface area (Å²) in [6.07, 6.45) is 2.79. The average Bonchev–Trinajstić information content (AvgIpc) is 2.05. The molecular weight excluding hydrogens is 152 g/mol. The van der Waals surface area contributed by atoms with Gasteiger partial charge in [-0.1, -0.05) is 6.92 Å². The van der Waals surface area contributed by atoms with Gasteiger partial charge in [0.25, 0.3) is 0 Å². The van der Waals surface area contributed by atoms with Gasteiger partial charge in [0, 0.05) is 6.20 Å². The molecule has 0 radical (unpaired) electrons. The van der Waals surface area contributed by atoms with Crippen LogP contribution in [0.3, 0.4) is 0 Å². The topological polar surface area (TPSA) is 63.8 Å². The highest BCUT2D eigenvalue weighted by atomic mass is 15.0. The normalized spacial score (nSPS) is 10.1. The molecule has 0 aliphatic rings. The maximum Gasteiger partial charge on any atom is 0.144 e. The van der Waals surface area contributed by atoms with E-state index in [0.717, 1.165) is 18.8 Å². The predicted octanol–water partition coefficient (Wildman–Crippen LogP) is 0.558. The third-order valence-electron chi connectivity index (χ3n) is 1.44. The molecule has 0 saturated carbocycles. The Hall–Kier alpha value is -1.16. The molecule has 4 nitrogen and oxygen atoms in total. The molecule has 0 spiro atoms. The van der Waals surface area contributed by atoms with Gasteiger partial charge < -0.3 is 11.1 Å². The van der Waals surface area contributed by atoms with E-state index in [1.54, 1.807) is 12.3 Å². The number of anilines is 1. The molecule has 0 atom stereocenters. The highest BCUT2D eigenvalue weighted by Gasteiger charge is 1.94. The molecule has 1 aromatic heterocycles. The van der Waals surface area contributed by atoms with Crippen molar-refractivity contribution in [1.82, 2.24) is 15.3 Å². The summed E-state index contributed by atoms with van der Waals surface area (Å²) >= 11 is 0. The summed E-state index contributed by atoms with van der Waals surface area (Å²) in [5.41, 5.74) is 5.48. The number of nitrogen functional groups attached to an aromatic ring is 1. The number of hydrogen-bond donors (Lipinski definition) is 2. The highest BCUT2D eigenvalue weighted by molar-refractivity contribution is 5.24. The number of nitrogens with two attached hydrogens (primary N) is 1. The molecule has 0 amide bonds. The number of aromatic nitrogens is 2. The fourth-order valence-electron chi connectivity index (χ4n) is 0.877. The van der Waals surface area contributed by atoms with Crippen molar-refractivity contribution in [2.24, 2.45) is 0 Å². The van der Waals surface area contributed by atoms with E-state index in [9.17, 15) is 0 Å². The van der Waals surface area contributed by atoms with Crippen molar-refractivity contribution in [3.8, 4) is 0 Å². The van der Waals surface area contributed by atoms with Crippen LogP contribution in [-0.4, -0.2) is 16.5 Å². The lowest BCUT2D eigenvalue weighted by atomic mass is 10.4. The van der Waals surface area contributed by atoms with Gasteiger partial charge in [-0.2, -0.15) is 0 Å². The van der Waals surface area contributed by atoms with Gasteiger partial charge >= 0.3 is 0 Å². The molecule has 1 rings (SSSR count). The van der Waals surface area contributed by atoms with Crippen LogP contribution in [0.5, 0.6) is 0 Å². The lowest BCUT2D eigenvalue weighted by molar-refractivity contribution is 0.651. The molecule has 0 fully saturated rings. The standard InChI is InChI=1S/C8H14N4/c1-2-4-10-6-8-11-5-3-7(9)12-8/h3,5,10H,2,4,6H2,1H3,(H2,9,11,12). The Morgan fingerprint density at radius 3 is 3.08 bits per heavy atom. The van der Waals surface area contributed by atoms with E-state index in [0.29, 0.717) is 12.4 Å². The first-order valence-corrected chi connectivity index (χ1v) is 4.11. The van der Waals surface area contributed by atoms with Gasteiger partial charge in [0.15, 0.2) is 0 Å². The zero-order valence-corrected chi connectivity index (χ0v) is 7.25. The minimum absolute atomic E-state index is 0.526. The fraction of sp³-hybridized carbons (Fsp3) is 0.500. The average molecular weight is 166 g/mol. The van der Waals surface area contributed by atoms with Crippen molar-refractivity contribution < 1.29 is 0 Å². The number of nitrogens with one attached hydrogen (secondary N) is 1. The zero-order valence-electron chi connectivity index (χ0n) is 7.25. The Labute approximate surface area is 72.2 Å². The maximum absolute atomic E-state index is 5.48. The van der Waals surface area contributed by atoms with Crippen molar-refractivity contribution >= 4 is 5.82 Å². The first kappa shape index (κ1) is 8.93. The molecular formula is C8H14N4. The van der Waals surface area contributed by atoms with Crippen molar-refractivity contribution in [2.45, 2.75) is 19.9 Å². The zero-order chi connectivity index (χ0) is 8.81. The lowest BCUT2D eigenvalue weighted by Gasteiger charge is -2.01. The van der Waals surface area contributed by atoms with E-state index in [1.165, 1.54) is 0 Å². The summed E-state index contributed by atoms with van der Waals surface area (Å²) in [5.74, 6) is 1.28. The van der Waals surface area contributed by atoms with Crippen molar-refractivity contribution in [3.63, 3.8) is 0 Å². The quantitative estimate of drug-likeness (QED) is 0.641. The molecule has 66 valence electrons. The van der Waals surface area contributed by atoms with Crippen LogP contribution in [0.1, 0.15) is 19.2 Å². The molecule has 0 bridgehead atoms. The van der Waals surface area contributed by atoms with E-state index >= 15 is 0 Å². The minimum atomic E-state index is 0.526. The highest BCUT2D eigenvalue weighted by Crippen LogP contribution is 1.94. The molecule has 12 heavy (non-hydrogen) atoms. The third-order valence-corrected chi connectivity index (χ3v) is 1.44. The van der Waals surface area contributed by atoms with Crippen LogP contribution in [0.2, 0.25) is 0 Å². The molecule has 1 aromatic rings. The van der Waals surface area contributed by atoms with E-state index in [2.05, 4.69) is 22.2 Å². The summed E-state index contributed by atoms with van der Waals surface area (Å²) in [4.78, 5) is 8.11. The Morgan fingerprint density at radius 1 is 1.58 bits per heavy atom. The van der Waals surface area contributed by atoms with Crippen molar-refractivity contribution in [2.75, 3.05) is 12.3 Å². The van der Waals surface area contributed by atoms with Gasteiger partial charge in [0.2, 0.25) is 0 Å². The Morgan fingerprint density at radius 2 is 2.42 bits per heavy atom. The summed E-state index contributed by atoms with van der Waals surface area (Å²) in [6, 6.07) is 1.68. The van der Waals surface area contributed by atoms with E-state index in [-0.39, 0.29) is 0 Å². The summed E-state index contributed by atoms with van der Waals surface area (Å²) < 4.78 is 0. The van der Waals surface area contributed by atoms with Gasteiger partial charge in [-0.3, -0.25) is 0 Å². The molecule has 0 saturated heterocycles. The fourth-order valence-corrected chi connectivity index (χ4v) is 0.877. The largest absolute Gasteiger partial charge is 0.384 e. The first-order valence-electron chi connectivity index (χ1n) is 4.11. The van der Waals surface area contributed by atoms with Crippen LogP contribution in [0.25, 0.3) is 0 Å². The van der Waals surface area contributed by atoms with Gasteiger partial charge in [-0.25, -0.2) is 9.97 Å². The second kappa shape index (κ2) is 4.66. The predicted molar refractivity (Wildman–Crippen MR) is 48.4 cm³/mol.